The van der Waals surface area contributed by atoms with Crippen LogP contribution < -0.4 is 0 Å². The lowest BCUT2D eigenvalue weighted by Gasteiger charge is -1.97. The maximum absolute atomic E-state index is 10.4. The van der Waals surface area contributed by atoms with E-state index in [1.54, 1.807) is 0 Å². The molecule has 0 heterocycles. The summed E-state index contributed by atoms with van der Waals surface area (Å²) >= 11 is 10.4. The Kier molecular flexibility index (Phi) is 4.54. The molecule has 0 aromatic carbocycles. The smallest absolute Gasteiger partial charge is 0.349 e. The Hall–Kier alpha value is -0.210. The molecule has 0 N–H and O–H groups in total. The highest BCUT2D eigenvalue weighted by Gasteiger charge is 2.02. The van der Waals surface area contributed by atoms with E-state index in [9.17, 15) is 4.79 Å². The lowest BCUT2D eigenvalue weighted by atomic mass is 10.6. The molecule has 0 atom stereocenters. The maximum atomic E-state index is 10.4. The molecular formula is C5H6Cl2O2. The highest BCUT2D eigenvalue weighted by atomic mass is 35.5. The highest BCUT2D eigenvalue weighted by molar-refractivity contribution is 6.40. The van der Waals surface area contributed by atoms with Gasteiger partial charge in [0.1, 0.15) is 11.6 Å². The number of carbonyl (C=O) groups is 1. The maximum Gasteiger partial charge on any atom is 0.349 e. The van der Waals surface area contributed by atoms with Crippen LogP contribution in [-0.2, 0) is 9.53 Å². The Morgan fingerprint density at radius 1 is 1.67 bits per heavy atom. The van der Waals surface area contributed by atoms with Gasteiger partial charge in [0.25, 0.3) is 0 Å². The number of hydrogen-bond acceptors (Lipinski definition) is 2. The number of hydrogen-bond donors (Lipinski definition) is 0. The average molecular weight is 169 g/mol. The first kappa shape index (κ1) is 8.79. The van der Waals surface area contributed by atoms with Gasteiger partial charge in [0.2, 0.25) is 0 Å². The number of ether oxygens (including phenoxy) is 1. The Labute approximate surface area is 63.4 Å². The van der Waals surface area contributed by atoms with Crippen molar-refractivity contribution in [1.29, 1.82) is 0 Å². The summed E-state index contributed by atoms with van der Waals surface area (Å²) in [7, 11) is 0. The second kappa shape index (κ2) is 4.65. The number of alkyl halides is 1. The predicted octanol–water partition coefficient (Wildman–Crippen LogP) is 1.52. The van der Waals surface area contributed by atoms with Crippen molar-refractivity contribution >= 4 is 29.2 Å². The third-order valence-corrected chi connectivity index (χ3v) is 0.840. The Morgan fingerprint density at radius 3 is 2.56 bits per heavy atom. The molecule has 0 aliphatic rings. The zero-order valence-corrected chi connectivity index (χ0v) is 6.21. The predicted molar refractivity (Wildman–Crippen MR) is 36.7 cm³/mol. The van der Waals surface area contributed by atoms with E-state index < -0.39 is 5.97 Å². The summed E-state index contributed by atoms with van der Waals surface area (Å²) in [5, 5.41) is -0.125. The number of halogens is 2. The van der Waals surface area contributed by atoms with Crippen LogP contribution in [0.2, 0.25) is 0 Å². The summed E-state index contributed by atoms with van der Waals surface area (Å²) in [5.41, 5.74) is 0. The molecule has 2 nitrogen and oxygen atoms in total. The molecule has 0 saturated heterocycles. The van der Waals surface area contributed by atoms with Crippen LogP contribution in [0.3, 0.4) is 0 Å². The van der Waals surface area contributed by atoms with E-state index in [0.717, 1.165) is 0 Å². The summed E-state index contributed by atoms with van der Waals surface area (Å²) in [6.07, 6.45) is 0. The van der Waals surface area contributed by atoms with E-state index in [0.29, 0.717) is 0 Å². The van der Waals surface area contributed by atoms with Gasteiger partial charge in [0, 0.05) is 0 Å². The first-order valence-corrected chi connectivity index (χ1v) is 3.17. The van der Waals surface area contributed by atoms with Crippen LogP contribution in [0.5, 0.6) is 0 Å². The molecule has 0 rings (SSSR count). The van der Waals surface area contributed by atoms with Gasteiger partial charge in [0.15, 0.2) is 0 Å². The minimum Gasteiger partial charge on any atom is -0.460 e. The zero-order valence-electron chi connectivity index (χ0n) is 4.69. The van der Waals surface area contributed by atoms with Crippen molar-refractivity contribution in [1.82, 2.24) is 0 Å². The summed E-state index contributed by atoms with van der Waals surface area (Å²) in [6.45, 7) is 3.33. The Balaban J connectivity index is 3.39. The highest BCUT2D eigenvalue weighted by Crippen LogP contribution is 1.98. The van der Waals surface area contributed by atoms with Crippen LogP contribution in [0.15, 0.2) is 11.6 Å². The van der Waals surface area contributed by atoms with Crippen molar-refractivity contribution in [2.45, 2.75) is 0 Å². The molecule has 9 heavy (non-hydrogen) atoms. The number of carbonyl (C=O) groups excluding carboxylic acids is 1. The van der Waals surface area contributed by atoms with Gasteiger partial charge < -0.3 is 4.74 Å². The molecule has 0 unspecified atom stereocenters. The molecule has 0 aromatic rings. The normalized spacial score (nSPS) is 8.67. The minimum absolute atomic E-state index is 0.125. The molecule has 0 radical (unpaired) electrons. The van der Waals surface area contributed by atoms with Crippen molar-refractivity contribution in [3.05, 3.63) is 11.6 Å². The quantitative estimate of drug-likeness (QED) is 0.363. The van der Waals surface area contributed by atoms with Crippen molar-refractivity contribution in [2.24, 2.45) is 0 Å². The molecule has 0 aliphatic heterocycles. The van der Waals surface area contributed by atoms with Crippen LogP contribution in [0.1, 0.15) is 0 Å². The topological polar surface area (TPSA) is 26.3 Å². The fourth-order valence-corrected chi connectivity index (χ4v) is 0.341. The van der Waals surface area contributed by atoms with E-state index >= 15 is 0 Å². The summed E-state index contributed by atoms with van der Waals surface area (Å²) < 4.78 is 4.45. The van der Waals surface area contributed by atoms with E-state index in [1.807, 2.05) is 0 Å². The van der Waals surface area contributed by atoms with Gasteiger partial charge in [-0.25, -0.2) is 4.79 Å². The van der Waals surface area contributed by atoms with Crippen LogP contribution in [0.25, 0.3) is 0 Å². The van der Waals surface area contributed by atoms with E-state index in [2.05, 4.69) is 11.3 Å². The molecule has 0 amide bonds. The van der Waals surface area contributed by atoms with Crippen molar-refractivity contribution < 1.29 is 9.53 Å². The average Bonchev–Trinajstić information content (AvgIpc) is 1.82. The first-order valence-electron chi connectivity index (χ1n) is 2.26. The fourth-order valence-electron chi connectivity index (χ4n) is 0.210. The second-order valence-electron chi connectivity index (χ2n) is 1.23. The third kappa shape index (κ3) is 4.30. The number of rotatable bonds is 3. The molecule has 4 heteroatoms. The van der Waals surface area contributed by atoms with Gasteiger partial charge in [-0.1, -0.05) is 18.2 Å². The summed E-state index contributed by atoms with van der Waals surface area (Å²) in [6, 6.07) is 0. The largest absolute Gasteiger partial charge is 0.460 e. The molecule has 0 fully saturated rings. The lowest BCUT2D eigenvalue weighted by molar-refractivity contribution is -0.137. The molecule has 0 aliphatic carbocycles. The molecule has 0 aromatic heterocycles. The van der Waals surface area contributed by atoms with Crippen molar-refractivity contribution in [3.8, 4) is 0 Å². The Bertz CT molecular complexity index is 122. The van der Waals surface area contributed by atoms with Crippen LogP contribution in [0, 0.1) is 0 Å². The number of esters is 1. The third-order valence-electron chi connectivity index (χ3n) is 0.532. The summed E-state index contributed by atoms with van der Waals surface area (Å²) in [4.78, 5) is 10.4. The standard InChI is InChI=1S/C5H6Cl2O2/c1-4(7)5(8)9-3-2-6/h1-3H2. The monoisotopic (exact) mass is 168 g/mol. The molecule has 0 saturated carbocycles. The van der Waals surface area contributed by atoms with Gasteiger partial charge in [0.05, 0.1) is 5.88 Å². The van der Waals surface area contributed by atoms with E-state index in [4.69, 9.17) is 23.2 Å². The SMILES string of the molecule is C=C(Cl)C(=O)OCCCl. The molecule has 0 spiro atoms. The van der Waals surface area contributed by atoms with Crippen LogP contribution >= 0.6 is 23.2 Å². The molecule has 0 bridgehead atoms. The zero-order chi connectivity index (χ0) is 7.28. The van der Waals surface area contributed by atoms with Crippen LogP contribution in [-0.4, -0.2) is 18.5 Å². The fraction of sp³-hybridized carbons (Fsp3) is 0.400. The first-order chi connectivity index (χ1) is 4.18. The van der Waals surface area contributed by atoms with Gasteiger partial charge in [-0.15, -0.1) is 11.6 Å². The van der Waals surface area contributed by atoms with E-state index in [-0.39, 0.29) is 17.5 Å². The van der Waals surface area contributed by atoms with Crippen molar-refractivity contribution in [2.75, 3.05) is 12.5 Å². The van der Waals surface area contributed by atoms with E-state index in [1.165, 1.54) is 0 Å². The minimum atomic E-state index is -0.614. The van der Waals surface area contributed by atoms with Gasteiger partial charge >= 0.3 is 5.97 Å². The van der Waals surface area contributed by atoms with Gasteiger partial charge in [-0.3, -0.25) is 0 Å². The van der Waals surface area contributed by atoms with Crippen LogP contribution in [0.4, 0.5) is 0 Å². The van der Waals surface area contributed by atoms with Gasteiger partial charge in [-0.2, -0.15) is 0 Å². The summed E-state index contributed by atoms with van der Waals surface area (Å²) in [5.74, 6) is -0.340. The van der Waals surface area contributed by atoms with Crippen molar-refractivity contribution in [3.63, 3.8) is 0 Å². The molecule has 52 valence electrons. The Morgan fingerprint density at radius 2 is 2.22 bits per heavy atom. The van der Waals surface area contributed by atoms with Gasteiger partial charge in [-0.05, 0) is 0 Å². The lowest BCUT2D eigenvalue weighted by Crippen LogP contribution is -2.05. The molecular weight excluding hydrogens is 163 g/mol. The second-order valence-corrected chi connectivity index (χ2v) is 2.06.